The maximum absolute atomic E-state index is 12.1. The van der Waals surface area contributed by atoms with Crippen LogP contribution in [0.15, 0.2) is 63.0 Å². The van der Waals surface area contributed by atoms with Crippen molar-refractivity contribution in [2.75, 3.05) is 13.7 Å². The molecule has 0 saturated heterocycles. The summed E-state index contributed by atoms with van der Waals surface area (Å²) in [6, 6.07) is -0.549. The van der Waals surface area contributed by atoms with Gasteiger partial charge in [-0.2, -0.15) is 0 Å². The van der Waals surface area contributed by atoms with Gasteiger partial charge in [0.15, 0.2) is 0 Å². The number of carbonyl (C=O) groups is 1. The average molecular weight is 420 g/mol. The van der Waals surface area contributed by atoms with E-state index >= 15 is 0 Å². The Bertz CT molecular complexity index is 821. The summed E-state index contributed by atoms with van der Waals surface area (Å²) >= 11 is 6.40. The zero-order valence-electron chi connectivity index (χ0n) is 17.4. The van der Waals surface area contributed by atoms with Crippen LogP contribution in [0, 0.1) is 0 Å². The summed E-state index contributed by atoms with van der Waals surface area (Å²) in [6.07, 6.45) is 9.95. The first-order chi connectivity index (χ1) is 13.8. The molecular formula is C21H30ClN5O2. The highest BCUT2D eigenvalue weighted by molar-refractivity contribution is 6.30. The van der Waals surface area contributed by atoms with E-state index in [-0.39, 0.29) is 6.61 Å². The molecule has 29 heavy (non-hydrogen) atoms. The fourth-order valence-corrected chi connectivity index (χ4v) is 3.55. The van der Waals surface area contributed by atoms with Crippen LogP contribution in [0.3, 0.4) is 0 Å². The number of nitrogens with zero attached hydrogens (tertiary/aromatic N) is 3. The molecule has 0 bridgehead atoms. The summed E-state index contributed by atoms with van der Waals surface area (Å²) in [7, 11) is 1.43. The number of nitrogens with two attached hydrogens (primary N) is 2. The molecule has 0 aromatic carbocycles. The summed E-state index contributed by atoms with van der Waals surface area (Å²) in [4.78, 5) is 17.8. The normalized spacial score (nSPS) is 18.6. The van der Waals surface area contributed by atoms with Crippen LogP contribution in [-0.4, -0.2) is 35.4 Å². The van der Waals surface area contributed by atoms with Crippen LogP contribution in [0.25, 0.3) is 0 Å². The molecule has 0 aromatic rings. The van der Waals surface area contributed by atoms with Crippen LogP contribution in [0.1, 0.15) is 46.0 Å². The maximum atomic E-state index is 12.1. The fraction of sp³-hybridized carbons (Fsp3) is 0.429. The second-order valence-corrected chi connectivity index (χ2v) is 7.58. The first-order valence-corrected chi connectivity index (χ1v) is 10.0. The van der Waals surface area contributed by atoms with E-state index in [2.05, 4.69) is 24.7 Å². The molecule has 2 rings (SSSR count). The Balaban J connectivity index is 2.14. The van der Waals surface area contributed by atoms with Crippen LogP contribution in [0.4, 0.5) is 4.79 Å². The monoisotopic (exact) mass is 419 g/mol. The number of hydrazine groups is 2. The van der Waals surface area contributed by atoms with E-state index in [0.717, 1.165) is 40.6 Å². The number of oxime groups is 1. The van der Waals surface area contributed by atoms with Crippen molar-refractivity contribution in [2.45, 2.75) is 46.0 Å². The second kappa shape index (κ2) is 10.4. The molecule has 0 spiro atoms. The van der Waals surface area contributed by atoms with E-state index in [4.69, 9.17) is 28.1 Å². The topological polar surface area (TPSA) is 97.2 Å². The van der Waals surface area contributed by atoms with Gasteiger partial charge >= 0.3 is 6.03 Å². The van der Waals surface area contributed by atoms with Gasteiger partial charge in [0, 0.05) is 17.7 Å². The Labute approximate surface area is 177 Å². The smallest absolute Gasteiger partial charge is 0.352 e. The Kier molecular flexibility index (Phi) is 8.25. The molecule has 0 radical (unpaired) electrons. The molecule has 0 fully saturated rings. The van der Waals surface area contributed by atoms with Crippen molar-refractivity contribution in [2.24, 2.45) is 16.8 Å². The molecule has 0 heterocycles. The van der Waals surface area contributed by atoms with Gasteiger partial charge in [0.1, 0.15) is 6.61 Å². The van der Waals surface area contributed by atoms with Gasteiger partial charge in [0.25, 0.3) is 0 Å². The van der Waals surface area contributed by atoms with E-state index in [1.54, 1.807) is 0 Å². The fourth-order valence-electron chi connectivity index (χ4n) is 3.29. The molecule has 0 aromatic heterocycles. The zero-order chi connectivity index (χ0) is 21.6. The van der Waals surface area contributed by atoms with Gasteiger partial charge in [-0.25, -0.2) is 21.5 Å². The van der Waals surface area contributed by atoms with Crippen LogP contribution in [-0.2, 0) is 4.84 Å². The number of halogens is 1. The molecular weight excluding hydrogens is 390 g/mol. The molecule has 0 atom stereocenters. The average Bonchev–Trinajstić information content (AvgIpc) is 3.08. The SMILES string of the molecule is C=C(C)/C=C\C1=C(CC)C(=NOCC2=C(Cl)CCC=C2N(N)C(=O)N(C)N)CC1. The summed E-state index contributed by atoms with van der Waals surface area (Å²) in [5.74, 6) is 11.5. The summed E-state index contributed by atoms with van der Waals surface area (Å²) < 4.78 is 0. The lowest BCUT2D eigenvalue weighted by Gasteiger charge is -2.27. The molecule has 0 aliphatic heterocycles. The van der Waals surface area contributed by atoms with Gasteiger partial charge in [-0.15, -0.1) is 0 Å². The van der Waals surface area contributed by atoms with E-state index in [1.165, 1.54) is 18.2 Å². The van der Waals surface area contributed by atoms with Crippen LogP contribution in [0.5, 0.6) is 0 Å². The highest BCUT2D eigenvalue weighted by Gasteiger charge is 2.25. The van der Waals surface area contributed by atoms with E-state index in [9.17, 15) is 4.79 Å². The van der Waals surface area contributed by atoms with Gasteiger partial charge in [0.2, 0.25) is 0 Å². The molecule has 7 nitrogen and oxygen atoms in total. The molecule has 2 amide bonds. The minimum Gasteiger partial charge on any atom is -0.391 e. The van der Waals surface area contributed by atoms with Crippen molar-refractivity contribution >= 4 is 23.3 Å². The van der Waals surface area contributed by atoms with E-state index in [0.29, 0.717) is 29.1 Å². The Hall–Kier alpha value is -2.35. The lowest BCUT2D eigenvalue weighted by molar-refractivity contribution is 0.159. The quantitative estimate of drug-likeness (QED) is 0.279. The van der Waals surface area contributed by atoms with Crippen molar-refractivity contribution < 1.29 is 9.63 Å². The Morgan fingerprint density at radius 1 is 1.34 bits per heavy atom. The Morgan fingerprint density at radius 2 is 2.07 bits per heavy atom. The largest absolute Gasteiger partial charge is 0.391 e. The third-order valence-corrected chi connectivity index (χ3v) is 5.20. The number of hydrogen-bond acceptors (Lipinski definition) is 5. The highest BCUT2D eigenvalue weighted by Crippen LogP contribution is 2.31. The Morgan fingerprint density at radius 3 is 2.69 bits per heavy atom. The van der Waals surface area contributed by atoms with Crippen LogP contribution < -0.4 is 11.7 Å². The first-order valence-electron chi connectivity index (χ1n) is 9.66. The number of rotatable bonds is 7. The molecule has 2 aliphatic carbocycles. The third-order valence-electron chi connectivity index (χ3n) is 4.78. The van der Waals surface area contributed by atoms with Gasteiger partial charge in [0.05, 0.1) is 11.4 Å². The molecule has 0 saturated carbocycles. The summed E-state index contributed by atoms with van der Waals surface area (Å²) in [5, 5.41) is 6.87. The maximum Gasteiger partial charge on any atom is 0.352 e. The van der Waals surface area contributed by atoms with Crippen molar-refractivity contribution in [1.82, 2.24) is 10.0 Å². The minimum absolute atomic E-state index is 0.122. The van der Waals surface area contributed by atoms with E-state index in [1.807, 2.05) is 19.1 Å². The molecule has 4 N–H and O–H groups in total. The van der Waals surface area contributed by atoms with Crippen molar-refractivity contribution in [3.8, 4) is 0 Å². The summed E-state index contributed by atoms with van der Waals surface area (Å²) in [5.41, 5.74) is 5.54. The van der Waals surface area contributed by atoms with E-state index < -0.39 is 6.03 Å². The molecule has 2 aliphatic rings. The predicted molar refractivity (Wildman–Crippen MR) is 117 cm³/mol. The summed E-state index contributed by atoms with van der Waals surface area (Å²) in [6.45, 7) is 8.10. The van der Waals surface area contributed by atoms with Crippen molar-refractivity contribution in [3.63, 3.8) is 0 Å². The second-order valence-electron chi connectivity index (χ2n) is 7.12. The number of allylic oxidation sites excluding steroid dienone is 7. The van der Waals surface area contributed by atoms with Crippen molar-refractivity contribution in [1.29, 1.82) is 0 Å². The van der Waals surface area contributed by atoms with Crippen LogP contribution in [0.2, 0.25) is 0 Å². The number of urea groups is 1. The number of hydrogen-bond donors (Lipinski definition) is 2. The molecule has 0 unspecified atom stereocenters. The van der Waals surface area contributed by atoms with Gasteiger partial charge < -0.3 is 4.84 Å². The van der Waals surface area contributed by atoms with Crippen molar-refractivity contribution in [3.05, 3.63) is 57.8 Å². The highest BCUT2D eigenvalue weighted by atomic mass is 35.5. The standard InChI is InChI=1S/C21H30ClN5O2/c1-5-16-15(10-9-14(2)3)11-12-19(16)25-29-13-17-18(22)7-6-8-20(17)27(24)21(28)26(4)23/h8-10H,2,5-7,11-13,23-24H2,1,3-4H3/b10-9-,25-19?. The minimum atomic E-state index is -0.549. The third kappa shape index (κ3) is 5.82. The van der Waals surface area contributed by atoms with Gasteiger partial charge in [-0.3, -0.25) is 5.01 Å². The number of carbonyl (C=O) groups excluding carboxylic acids is 1. The first kappa shape index (κ1) is 22.9. The predicted octanol–water partition coefficient (Wildman–Crippen LogP) is 4.26. The molecule has 158 valence electrons. The van der Waals surface area contributed by atoms with Crippen LogP contribution >= 0.6 is 11.6 Å². The zero-order valence-corrected chi connectivity index (χ0v) is 18.1. The van der Waals surface area contributed by atoms with Gasteiger partial charge in [-0.05, 0) is 50.2 Å². The lowest BCUT2D eigenvalue weighted by Crippen LogP contribution is -2.48. The van der Waals surface area contributed by atoms with Gasteiger partial charge in [-0.1, -0.05) is 54.1 Å². The lowest BCUT2D eigenvalue weighted by atomic mass is 10.0. The molecule has 8 heteroatoms. The number of amides is 2.